The monoisotopic (exact) mass is 391 g/mol. The van der Waals surface area contributed by atoms with Crippen LogP contribution in [0.5, 0.6) is 0 Å². The van der Waals surface area contributed by atoms with Gasteiger partial charge in [-0.15, -0.1) is 0 Å². The Bertz CT molecular complexity index is 1010. The molecule has 0 aliphatic carbocycles. The molecule has 0 amide bonds. The SMILES string of the molecule is O=S(=O)(c1ccccc1)N1CCN(Cc2nc3ccc(Cl)cc3o2)CC1. The van der Waals surface area contributed by atoms with Gasteiger partial charge in [0.05, 0.1) is 11.4 Å². The van der Waals surface area contributed by atoms with Crippen LogP contribution in [0.3, 0.4) is 0 Å². The highest BCUT2D eigenvalue weighted by Gasteiger charge is 2.28. The molecule has 26 heavy (non-hydrogen) atoms. The van der Waals surface area contributed by atoms with Crippen molar-refractivity contribution in [1.82, 2.24) is 14.2 Å². The van der Waals surface area contributed by atoms with Crippen molar-refractivity contribution in [2.45, 2.75) is 11.4 Å². The van der Waals surface area contributed by atoms with Gasteiger partial charge in [0.1, 0.15) is 5.52 Å². The predicted octanol–water partition coefficient (Wildman–Crippen LogP) is 2.99. The molecule has 0 spiro atoms. The van der Waals surface area contributed by atoms with Crippen LogP contribution in [0.15, 0.2) is 57.8 Å². The van der Waals surface area contributed by atoms with Gasteiger partial charge in [-0.25, -0.2) is 13.4 Å². The van der Waals surface area contributed by atoms with Gasteiger partial charge in [-0.3, -0.25) is 4.90 Å². The first kappa shape index (κ1) is 17.5. The Morgan fingerprint density at radius 2 is 1.77 bits per heavy atom. The molecule has 1 saturated heterocycles. The summed E-state index contributed by atoms with van der Waals surface area (Å²) in [6.45, 7) is 2.70. The molecule has 0 radical (unpaired) electrons. The smallest absolute Gasteiger partial charge is 0.243 e. The summed E-state index contributed by atoms with van der Waals surface area (Å²) in [5.74, 6) is 0.613. The van der Waals surface area contributed by atoms with Gasteiger partial charge in [0.15, 0.2) is 5.58 Å². The van der Waals surface area contributed by atoms with Gasteiger partial charge in [-0.05, 0) is 24.3 Å². The summed E-state index contributed by atoms with van der Waals surface area (Å²) in [6.07, 6.45) is 0. The largest absolute Gasteiger partial charge is 0.439 e. The van der Waals surface area contributed by atoms with Gasteiger partial charge in [0.2, 0.25) is 15.9 Å². The minimum atomic E-state index is -3.43. The molecule has 0 saturated carbocycles. The average molecular weight is 392 g/mol. The number of hydrogen-bond acceptors (Lipinski definition) is 5. The van der Waals surface area contributed by atoms with Crippen LogP contribution in [-0.4, -0.2) is 48.8 Å². The molecule has 8 heteroatoms. The predicted molar refractivity (Wildman–Crippen MR) is 99.5 cm³/mol. The number of halogens is 1. The minimum Gasteiger partial charge on any atom is -0.439 e. The van der Waals surface area contributed by atoms with E-state index in [2.05, 4.69) is 9.88 Å². The van der Waals surface area contributed by atoms with E-state index in [-0.39, 0.29) is 0 Å². The molecular weight excluding hydrogens is 374 g/mol. The van der Waals surface area contributed by atoms with E-state index in [4.69, 9.17) is 16.0 Å². The number of piperazine rings is 1. The maximum Gasteiger partial charge on any atom is 0.243 e. The Labute approximate surface area is 157 Å². The van der Waals surface area contributed by atoms with Crippen molar-refractivity contribution in [3.63, 3.8) is 0 Å². The Kier molecular flexibility index (Phi) is 4.71. The summed E-state index contributed by atoms with van der Waals surface area (Å²) < 4.78 is 32.6. The van der Waals surface area contributed by atoms with Crippen LogP contribution < -0.4 is 0 Å². The van der Waals surface area contributed by atoms with E-state index < -0.39 is 10.0 Å². The second-order valence-electron chi connectivity index (χ2n) is 6.21. The summed E-state index contributed by atoms with van der Waals surface area (Å²) in [4.78, 5) is 6.94. The van der Waals surface area contributed by atoms with Crippen LogP contribution in [0.1, 0.15) is 5.89 Å². The molecule has 4 rings (SSSR count). The molecule has 1 aliphatic heterocycles. The molecule has 6 nitrogen and oxygen atoms in total. The Morgan fingerprint density at radius 3 is 2.50 bits per heavy atom. The van der Waals surface area contributed by atoms with Crippen molar-refractivity contribution in [2.24, 2.45) is 0 Å². The highest BCUT2D eigenvalue weighted by atomic mass is 35.5. The fourth-order valence-corrected chi connectivity index (χ4v) is 4.68. The fourth-order valence-electron chi connectivity index (χ4n) is 3.07. The number of oxazole rings is 1. The van der Waals surface area contributed by atoms with Crippen LogP contribution >= 0.6 is 11.6 Å². The average Bonchev–Trinajstić information content (AvgIpc) is 3.04. The highest BCUT2D eigenvalue weighted by Crippen LogP contribution is 2.22. The summed E-state index contributed by atoms with van der Waals surface area (Å²) in [5.41, 5.74) is 1.44. The molecule has 1 aromatic heterocycles. The second kappa shape index (κ2) is 7.00. The molecular formula is C18H18ClN3O3S. The van der Waals surface area contributed by atoms with Crippen LogP contribution in [0, 0.1) is 0 Å². The van der Waals surface area contributed by atoms with E-state index >= 15 is 0 Å². The molecule has 1 fully saturated rings. The number of nitrogens with zero attached hydrogens (tertiary/aromatic N) is 3. The van der Waals surface area contributed by atoms with Gasteiger partial charge >= 0.3 is 0 Å². The van der Waals surface area contributed by atoms with Crippen LogP contribution in [0.2, 0.25) is 5.02 Å². The van der Waals surface area contributed by atoms with Gasteiger partial charge in [-0.2, -0.15) is 4.31 Å². The van der Waals surface area contributed by atoms with E-state index in [0.717, 1.165) is 5.52 Å². The van der Waals surface area contributed by atoms with Crippen molar-refractivity contribution in [1.29, 1.82) is 0 Å². The molecule has 2 heterocycles. The van der Waals surface area contributed by atoms with E-state index in [0.29, 0.717) is 54.1 Å². The van der Waals surface area contributed by atoms with E-state index in [1.54, 1.807) is 36.4 Å². The van der Waals surface area contributed by atoms with Crippen molar-refractivity contribution >= 4 is 32.7 Å². The number of aromatic nitrogens is 1. The van der Waals surface area contributed by atoms with Crippen LogP contribution in [0.25, 0.3) is 11.1 Å². The third kappa shape index (κ3) is 3.48. The first-order valence-electron chi connectivity index (χ1n) is 8.35. The van der Waals surface area contributed by atoms with Crippen molar-refractivity contribution in [3.8, 4) is 0 Å². The second-order valence-corrected chi connectivity index (χ2v) is 8.59. The topological polar surface area (TPSA) is 66.7 Å². The Hall–Kier alpha value is -1.93. The van der Waals surface area contributed by atoms with Crippen molar-refractivity contribution in [3.05, 3.63) is 59.4 Å². The number of hydrogen-bond donors (Lipinski definition) is 0. The van der Waals surface area contributed by atoms with Gasteiger partial charge < -0.3 is 4.42 Å². The minimum absolute atomic E-state index is 0.337. The van der Waals surface area contributed by atoms with E-state index in [1.807, 2.05) is 12.1 Å². The quantitative estimate of drug-likeness (QED) is 0.684. The third-order valence-electron chi connectivity index (χ3n) is 4.47. The maximum absolute atomic E-state index is 12.7. The lowest BCUT2D eigenvalue weighted by atomic mass is 10.3. The Morgan fingerprint density at radius 1 is 1.04 bits per heavy atom. The third-order valence-corrected chi connectivity index (χ3v) is 6.61. The molecule has 0 atom stereocenters. The fraction of sp³-hybridized carbons (Fsp3) is 0.278. The number of benzene rings is 2. The zero-order valence-electron chi connectivity index (χ0n) is 14.0. The lowest BCUT2D eigenvalue weighted by Crippen LogP contribution is -2.48. The zero-order valence-corrected chi connectivity index (χ0v) is 15.6. The molecule has 0 bridgehead atoms. The first-order valence-corrected chi connectivity index (χ1v) is 10.2. The summed E-state index contributed by atoms with van der Waals surface area (Å²) in [5, 5.41) is 0.611. The summed E-state index contributed by atoms with van der Waals surface area (Å²) in [6, 6.07) is 13.9. The lowest BCUT2D eigenvalue weighted by molar-refractivity contribution is 0.169. The Balaban J connectivity index is 1.41. The van der Waals surface area contributed by atoms with E-state index in [9.17, 15) is 8.42 Å². The van der Waals surface area contributed by atoms with Crippen LogP contribution in [0.4, 0.5) is 0 Å². The number of fused-ring (bicyclic) bond motifs is 1. The van der Waals surface area contributed by atoms with E-state index in [1.165, 1.54) is 4.31 Å². The van der Waals surface area contributed by atoms with Crippen molar-refractivity contribution in [2.75, 3.05) is 26.2 Å². The molecule has 1 aliphatic rings. The molecule has 0 N–H and O–H groups in total. The lowest BCUT2D eigenvalue weighted by Gasteiger charge is -2.33. The molecule has 2 aromatic carbocycles. The first-order chi connectivity index (χ1) is 12.5. The summed E-state index contributed by atoms with van der Waals surface area (Å²) in [7, 11) is -3.43. The molecule has 136 valence electrons. The van der Waals surface area contributed by atoms with Crippen molar-refractivity contribution < 1.29 is 12.8 Å². The normalized spacial score (nSPS) is 17.0. The number of sulfonamides is 1. The standard InChI is InChI=1S/C18H18ClN3O3S/c19-14-6-7-16-17(12-14)25-18(20-16)13-21-8-10-22(11-9-21)26(23,24)15-4-2-1-3-5-15/h1-7,12H,8-11,13H2. The van der Waals surface area contributed by atoms with Crippen LogP contribution in [-0.2, 0) is 16.6 Å². The molecule has 3 aromatic rings. The maximum atomic E-state index is 12.7. The molecule has 0 unspecified atom stereocenters. The number of rotatable bonds is 4. The van der Waals surface area contributed by atoms with Gasteiger partial charge in [-0.1, -0.05) is 29.8 Å². The highest BCUT2D eigenvalue weighted by molar-refractivity contribution is 7.89. The van der Waals surface area contributed by atoms with Gasteiger partial charge in [0, 0.05) is 37.3 Å². The summed E-state index contributed by atoms with van der Waals surface area (Å²) >= 11 is 5.97. The zero-order chi connectivity index (χ0) is 18.1. The van der Waals surface area contributed by atoms with Gasteiger partial charge in [0.25, 0.3) is 0 Å².